The zero-order valence-corrected chi connectivity index (χ0v) is 14.6. The summed E-state index contributed by atoms with van der Waals surface area (Å²) in [6.45, 7) is -3.02. The number of rotatable bonds is 5. The van der Waals surface area contributed by atoms with Gasteiger partial charge in [-0.2, -0.15) is 8.78 Å². The zero-order chi connectivity index (χ0) is 17.0. The minimum absolute atomic E-state index is 0.0400. The van der Waals surface area contributed by atoms with Crippen LogP contribution in [0.1, 0.15) is 15.9 Å². The van der Waals surface area contributed by atoms with Gasteiger partial charge < -0.3 is 10.1 Å². The van der Waals surface area contributed by atoms with E-state index in [0.717, 1.165) is 6.07 Å². The van der Waals surface area contributed by atoms with E-state index >= 15 is 0 Å². The quantitative estimate of drug-likeness (QED) is 0.701. The Morgan fingerprint density at radius 2 is 1.91 bits per heavy atom. The summed E-state index contributed by atoms with van der Waals surface area (Å²) >= 11 is 6.38. The molecule has 0 spiro atoms. The highest BCUT2D eigenvalue weighted by molar-refractivity contribution is 9.10. The van der Waals surface area contributed by atoms with Gasteiger partial charge in [-0.15, -0.1) is 0 Å². The molecule has 1 amide bonds. The molecule has 2 aromatic rings. The summed E-state index contributed by atoms with van der Waals surface area (Å²) in [5.41, 5.74) is 0.469. The standard InChI is InChI=1S/C15H10Br2F3NO2/c16-9-1-4-13(23-15(19)20)8(5-9)7-21-14(22)11-6-10(18)2-3-12(11)17/h1-6,15H,7H2,(H,21,22). The van der Waals surface area contributed by atoms with Crippen molar-refractivity contribution in [2.75, 3.05) is 0 Å². The number of alkyl halides is 2. The van der Waals surface area contributed by atoms with Crippen LogP contribution in [-0.2, 0) is 6.54 Å². The summed E-state index contributed by atoms with van der Waals surface area (Å²) in [5.74, 6) is -1.14. The van der Waals surface area contributed by atoms with E-state index in [1.54, 1.807) is 12.1 Å². The van der Waals surface area contributed by atoms with Crippen LogP contribution in [0.5, 0.6) is 5.75 Å². The monoisotopic (exact) mass is 451 g/mol. The molecule has 0 bridgehead atoms. The molecule has 0 fully saturated rings. The van der Waals surface area contributed by atoms with Crippen molar-refractivity contribution in [3.63, 3.8) is 0 Å². The second-order valence-electron chi connectivity index (χ2n) is 4.44. The van der Waals surface area contributed by atoms with E-state index in [9.17, 15) is 18.0 Å². The summed E-state index contributed by atoms with van der Waals surface area (Å²) in [7, 11) is 0. The first kappa shape index (κ1) is 17.8. The van der Waals surface area contributed by atoms with Crippen LogP contribution in [0.25, 0.3) is 0 Å². The fourth-order valence-electron chi connectivity index (χ4n) is 1.84. The third kappa shape index (κ3) is 4.97. The number of hydrogen-bond acceptors (Lipinski definition) is 2. The Hall–Kier alpha value is -1.54. The molecule has 0 radical (unpaired) electrons. The van der Waals surface area contributed by atoms with Gasteiger partial charge in [0.1, 0.15) is 11.6 Å². The first-order valence-electron chi connectivity index (χ1n) is 6.33. The number of ether oxygens (including phenoxy) is 1. The molecule has 0 unspecified atom stereocenters. The molecule has 0 atom stereocenters. The second kappa shape index (κ2) is 7.83. The molecular weight excluding hydrogens is 443 g/mol. The Morgan fingerprint density at radius 3 is 2.61 bits per heavy atom. The summed E-state index contributed by atoms with van der Waals surface area (Å²) in [5, 5.41) is 2.54. The fourth-order valence-corrected chi connectivity index (χ4v) is 2.67. The highest BCUT2D eigenvalue weighted by Crippen LogP contribution is 2.25. The second-order valence-corrected chi connectivity index (χ2v) is 6.21. The minimum atomic E-state index is -2.97. The Balaban J connectivity index is 2.15. The van der Waals surface area contributed by atoms with Gasteiger partial charge in [-0.3, -0.25) is 4.79 Å². The SMILES string of the molecule is O=C(NCc1cc(Br)ccc1OC(F)F)c1cc(F)ccc1Br. The largest absolute Gasteiger partial charge is 0.434 e. The molecule has 0 heterocycles. The average Bonchev–Trinajstić information content (AvgIpc) is 2.49. The van der Waals surface area contributed by atoms with Crippen molar-refractivity contribution >= 4 is 37.8 Å². The Kier molecular flexibility index (Phi) is 6.06. The number of amides is 1. The van der Waals surface area contributed by atoms with Crippen LogP contribution < -0.4 is 10.1 Å². The lowest BCUT2D eigenvalue weighted by Gasteiger charge is -2.12. The van der Waals surface area contributed by atoms with Crippen molar-refractivity contribution in [3.05, 3.63) is 62.3 Å². The van der Waals surface area contributed by atoms with Gasteiger partial charge in [0.05, 0.1) is 5.56 Å². The van der Waals surface area contributed by atoms with Gasteiger partial charge >= 0.3 is 6.61 Å². The van der Waals surface area contributed by atoms with Gasteiger partial charge in [0.25, 0.3) is 5.91 Å². The predicted molar refractivity (Wildman–Crippen MR) is 86.0 cm³/mol. The van der Waals surface area contributed by atoms with Crippen molar-refractivity contribution in [2.45, 2.75) is 13.2 Å². The maximum atomic E-state index is 13.2. The highest BCUT2D eigenvalue weighted by atomic mass is 79.9. The van der Waals surface area contributed by atoms with Crippen LogP contribution in [0.3, 0.4) is 0 Å². The molecule has 2 rings (SSSR count). The summed E-state index contributed by atoms with van der Waals surface area (Å²) in [6.07, 6.45) is 0. The van der Waals surface area contributed by atoms with E-state index < -0.39 is 18.3 Å². The van der Waals surface area contributed by atoms with E-state index in [1.807, 2.05) is 0 Å². The van der Waals surface area contributed by atoms with Crippen molar-refractivity contribution in [3.8, 4) is 5.75 Å². The van der Waals surface area contributed by atoms with Gasteiger partial charge in [-0.1, -0.05) is 15.9 Å². The van der Waals surface area contributed by atoms with Crippen LogP contribution in [0.4, 0.5) is 13.2 Å². The molecule has 0 aliphatic carbocycles. The molecule has 8 heteroatoms. The maximum absolute atomic E-state index is 13.2. The third-order valence-electron chi connectivity index (χ3n) is 2.85. The van der Waals surface area contributed by atoms with Crippen LogP contribution in [-0.4, -0.2) is 12.5 Å². The van der Waals surface area contributed by atoms with Gasteiger partial charge in [0.15, 0.2) is 0 Å². The number of benzene rings is 2. The van der Waals surface area contributed by atoms with Crippen molar-refractivity contribution in [2.24, 2.45) is 0 Å². The molecule has 23 heavy (non-hydrogen) atoms. The van der Waals surface area contributed by atoms with Crippen LogP contribution in [0.2, 0.25) is 0 Å². The minimum Gasteiger partial charge on any atom is -0.434 e. The lowest BCUT2D eigenvalue weighted by Crippen LogP contribution is -2.24. The summed E-state index contributed by atoms with van der Waals surface area (Å²) in [6, 6.07) is 8.18. The predicted octanol–water partition coefficient (Wildman–Crippen LogP) is 4.88. The summed E-state index contributed by atoms with van der Waals surface area (Å²) < 4.78 is 43.5. The summed E-state index contributed by atoms with van der Waals surface area (Å²) in [4.78, 5) is 12.1. The van der Waals surface area contributed by atoms with Crippen LogP contribution in [0.15, 0.2) is 45.3 Å². The van der Waals surface area contributed by atoms with Gasteiger partial charge in [-0.05, 0) is 52.3 Å². The van der Waals surface area contributed by atoms with E-state index in [1.165, 1.54) is 18.2 Å². The fraction of sp³-hybridized carbons (Fsp3) is 0.133. The Morgan fingerprint density at radius 1 is 1.17 bits per heavy atom. The van der Waals surface area contributed by atoms with E-state index in [2.05, 4.69) is 41.9 Å². The molecule has 0 aliphatic heterocycles. The van der Waals surface area contributed by atoms with Crippen molar-refractivity contribution in [1.29, 1.82) is 0 Å². The van der Waals surface area contributed by atoms with E-state index in [0.29, 0.717) is 14.5 Å². The zero-order valence-electron chi connectivity index (χ0n) is 11.5. The molecule has 1 N–H and O–H groups in total. The average molecular weight is 453 g/mol. The van der Waals surface area contributed by atoms with Gasteiger partial charge in [-0.25, -0.2) is 4.39 Å². The number of halogens is 5. The topological polar surface area (TPSA) is 38.3 Å². The van der Waals surface area contributed by atoms with E-state index in [4.69, 9.17) is 0 Å². The molecule has 0 aliphatic rings. The van der Waals surface area contributed by atoms with E-state index in [-0.39, 0.29) is 17.9 Å². The smallest absolute Gasteiger partial charge is 0.387 e. The molecule has 2 aromatic carbocycles. The number of nitrogens with one attached hydrogen (secondary N) is 1. The molecule has 0 aromatic heterocycles. The lowest BCUT2D eigenvalue weighted by atomic mass is 10.1. The first-order valence-corrected chi connectivity index (χ1v) is 7.92. The van der Waals surface area contributed by atoms with Crippen molar-refractivity contribution < 1.29 is 22.7 Å². The molecule has 0 saturated carbocycles. The molecule has 3 nitrogen and oxygen atoms in total. The van der Waals surface area contributed by atoms with Gasteiger partial charge in [0.2, 0.25) is 0 Å². The van der Waals surface area contributed by atoms with Crippen LogP contribution in [0, 0.1) is 5.82 Å². The molecule has 122 valence electrons. The Bertz CT molecular complexity index is 726. The van der Waals surface area contributed by atoms with Crippen LogP contribution >= 0.6 is 31.9 Å². The van der Waals surface area contributed by atoms with Crippen molar-refractivity contribution in [1.82, 2.24) is 5.32 Å². The molecule has 0 saturated heterocycles. The highest BCUT2D eigenvalue weighted by Gasteiger charge is 2.14. The number of carbonyl (C=O) groups is 1. The normalized spacial score (nSPS) is 10.7. The number of carbonyl (C=O) groups excluding carboxylic acids is 1. The Labute approximate surface area is 147 Å². The van der Waals surface area contributed by atoms with Gasteiger partial charge in [0, 0.05) is 21.1 Å². The number of hydrogen-bond donors (Lipinski definition) is 1. The maximum Gasteiger partial charge on any atom is 0.387 e. The third-order valence-corrected chi connectivity index (χ3v) is 4.04. The lowest BCUT2D eigenvalue weighted by molar-refractivity contribution is -0.0504. The first-order chi connectivity index (χ1) is 10.9. The molecular formula is C15H10Br2F3NO2.